The van der Waals surface area contributed by atoms with Crippen molar-refractivity contribution in [1.29, 1.82) is 0 Å². The van der Waals surface area contributed by atoms with Crippen LogP contribution < -0.4 is 10.0 Å². The Morgan fingerprint density at radius 1 is 1.15 bits per heavy atom. The predicted octanol–water partition coefficient (Wildman–Crippen LogP) is 2.10. The Bertz CT molecular complexity index is 642. The zero-order chi connectivity index (χ0) is 14.4. The third-order valence-corrected chi connectivity index (χ3v) is 3.93. The third kappa shape index (κ3) is 3.67. The zero-order valence-corrected chi connectivity index (χ0v) is 11.9. The summed E-state index contributed by atoms with van der Waals surface area (Å²) < 4.78 is 26.6. The number of nitrogens with one attached hydrogen (secondary N) is 2. The van der Waals surface area contributed by atoms with Gasteiger partial charge in [-0.1, -0.05) is 6.92 Å². The van der Waals surface area contributed by atoms with Gasteiger partial charge in [-0.25, -0.2) is 8.42 Å². The molecule has 0 unspecified atom stereocenters. The molecule has 1 aromatic heterocycles. The summed E-state index contributed by atoms with van der Waals surface area (Å²) in [7, 11) is -3.63. The minimum atomic E-state index is -3.63. The molecular weight excluding hydrogens is 276 g/mol. The van der Waals surface area contributed by atoms with Crippen molar-refractivity contribution < 1.29 is 8.42 Å². The molecule has 0 fully saturated rings. The molecule has 106 valence electrons. The maximum Gasteiger partial charge on any atom is 0.263 e. The first-order valence-corrected chi connectivity index (χ1v) is 7.74. The summed E-state index contributed by atoms with van der Waals surface area (Å²) in [6.45, 7) is 2.92. The Balaban J connectivity index is 2.13. The summed E-state index contributed by atoms with van der Waals surface area (Å²) >= 11 is 0. The fourth-order valence-corrected chi connectivity index (χ4v) is 2.57. The maximum atomic E-state index is 12.1. The van der Waals surface area contributed by atoms with Crippen LogP contribution in [0.1, 0.15) is 13.3 Å². The highest BCUT2D eigenvalue weighted by molar-refractivity contribution is 7.92. The summed E-state index contributed by atoms with van der Waals surface area (Å²) in [6.07, 6.45) is 2.49. The van der Waals surface area contributed by atoms with E-state index in [1.54, 1.807) is 36.4 Å². The van der Waals surface area contributed by atoms with E-state index in [0.717, 1.165) is 18.7 Å². The topological polar surface area (TPSA) is 84.0 Å². The van der Waals surface area contributed by atoms with Crippen LogP contribution in [0.5, 0.6) is 0 Å². The van der Waals surface area contributed by atoms with Gasteiger partial charge < -0.3 is 5.32 Å². The van der Waals surface area contributed by atoms with Crippen LogP contribution in [0.4, 0.5) is 11.5 Å². The van der Waals surface area contributed by atoms with Gasteiger partial charge in [-0.3, -0.25) is 4.72 Å². The molecule has 0 aliphatic heterocycles. The van der Waals surface area contributed by atoms with Gasteiger partial charge in [0.05, 0.1) is 4.90 Å². The molecule has 2 N–H and O–H groups in total. The fourth-order valence-electron chi connectivity index (χ4n) is 1.57. The van der Waals surface area contributed by atoms with Crippen molar-refractivity contribution in [2.45, 2.75) is 18.2 Å². The van der Waals surface area contributed by atoms with E-state index in [2.05, 4.69) is 27.2 Å². The smallest absolute Gasteiger partial charge is 0.263 e. The van der Waals surface area contributed by atoms with Crippen molar-refractivity contribution in [3.8, 4) is 0 Å². The first-order valence-electron chi connectivity index (χ1n) is 6.26. The fraction of sp³-hybridized carbons (Fsp3) is 0.231. The number of sulfonamides is 1. The molecule has 2 aromatic rings. The van der Waals surface area contributed by atoms with Gasteiger partial charge in [0.15, 0.2) is 5.82 Å². The van der Waals surface area contributed by atoms with Crippen molar-refractivity contribution >= 4 is 21.5 Å². The lowest BCUT2D eigenvalue weighted by molar-refractivity contribution is 0.601. The van der Waals surface area contributed by atoms with E-state index in [0.29, 0.717) is 0 Å². The van der Waals surface area contributed by atoms with Crippen molar-refractivity contribution in [1.82, 2.24) is 10.2 Å². The van der Waals surface area contributed by atoms with Crippen LogP contribution in [0.15, 0.2) is 47.5 Å². The van der Waals surface area contributed by atoms with Gasteiger partial charge in [-0.05, 0) is 42.8 Å². The van der Waals surface area contributed by atoms with Crippen molar-refractivity contribution in [3.63, 3.8) is 0 Å². The first-order chi connectivity index (χ1) is 9.62. The van der Waals surface area contributed by atoms with Gasteiger partial charge in [-0.2, -0.15) is 5.10 Å². The molecule has 0 atom stereocenters. The average Bonchev–Trinajstić information content (AvgIpc) is 2.46. The molecule has 20 heavy (non-hydrogen) atoms. The second-order valence-corrected chi connectivity index (χ2v) is 5.85. The largest absolute Gasteiger partial charge is 0.385 e. The number of rotatable bonds is 6. The van der Waals surface area contributed by atoms with Crippen molar-refractivity contribution in [2.75, 3.05) is 16.6 Å². The molecule has 0 bridgehead atoms. The van der Waals surface area contributed by atoms with E-state index in [1.807, 2.05) is 0 Å². The lowest BCUT2D eigenvalue weighted by Crippen LogP contribution is -2.14. The highest BCUT2D eigenvalue weighted by atomic mass is 32.2. The zero-order valence-electron chi connectivity index (χ0n) is 11.1. The monoisotopic (exact) mass is 292 g/mol. The van der Waals surface area contributed by atoms with Gasteiger partial charge in [0.1, 0.15) is 0 Å². The van der Waals surface area contributed by atoms with Crippen molar-refractivity contribution in [2.24, 2.45) is 0 Å². The number of benzene rings is 1. The van der Waals surface area contributed by atoms with Crippen LogP contribution in [0.2, 0.25) is 0 Å². The van der Waals surface area contributed by atoms with Gasteiger partial charge in [0.2, 0.25) is 0 Å². The van der Waals surface area contributed by atoms with Gasteiger partial charge in [0.25, 0.3) is 10.0 Å². The Morgan fingerprint density at radius 3 is 2.50 bits per heavy atom. The molecule has 0 saturated carbocycles. The van der Waals surface area contributed by atoms with E-state index >= 15 is 0 Å². The quantitative estimate of drug-likeness (QED) is 0.851. The molecule has 6 nitrogen and oxygen atoms in total. The Kier molecular flexibility index (Phi) is 4.52. The molecule has 0 aliphatic carbocycles. The number of aromatic nitrogens is 2. The van der Waals surface area contributed by atoms with Crippen LogP contribution in [0.3, 0.4) is 0 Å². The Morgan fingerprint density at radius 2 is 1.90 bits per heavy atom. The van der Waals surface area contributed by atoms with E-state index in [1.165, 1.54) is 6.20 Å². The first kappa shape index (κ1) is 14.3. The molecule has 1 heterocycles. The van der Waals surface area contributed by atoms with E-state index in [4.69, 9.17) is 0 Å². The molecule has 0 radical (unpaired) electrons. The lowest BCUT2D eigenvalue weighted by Gasteiger charge is -2.08. The molecule has 2 rings (SSSR count). The Labute approximate surface area is 118 Å². The normalized spacial score (nSPS) is 11.1. The van der Waals surface area contributed by atoms with E-state index in [-0.39, 0.29) is 10.7 Å². The van der Waals surface area contributed by atoms with Crippen LogP contribution in [0.25, 0.3) is 0 Å². The third-order valence-electron chi connectivity index (χ3n) is 2.55. The molecule has 0 spiro atoms. The predicted molar refractivity (Wildman–Crippen MR) is 78.1 cm³/mol. The minimum absolute atomic E-state index is 0.185. The molecular formula is C13H16N4O2S. The number of anilines is 2. The molecule has 0 amide bonds. The summed E-state index contributed by atoms with van der Waals surface area (Å²) in [5.41, 5.74) is 0.894. The standard InChI is InChI=1S/C13H16N4O2S/c1-2-9-14-11-5-7-12(8-6-11)20(18,19)17-13-4-3-10-15-16-13/h3-8,10,14H,2,9H2,1H3,(H,16,17). The highest BCUT2D eigenvalue weighted by Gasteiger charge is 2.14. The molecule has 7 heteroatoms. The average molecular weight is 292 g/mol. The van der Waals surface area contributed by atoms with Crippen LogP contribution in [-0.4, -0.2) is 25.2 Å². The van der Waals surface area contributed by atoms with E-state index < -0.39 is 10.0 Å². The second kappa shape index (κ2) is 6.33. The van der Waals surface area contributed by atoms with Crippen LogP contribution >= 0.6 is 0 Å². The van der Waals surface area contributed by atoms with E-state index in [9.17, 15) is 8.42 Å². The van der Waals surface area contributed by atoms with Crippen molar-refractivity contribution in [3.05, 3.63) is 42.6 Å². The summed E-state index contributed by atoms with van der Waals surface area (Å²) in [5.74, 6) is 0.195. The van der Waals surface area contributed by atoms with Crippen LogP contribution in [-0.2, 0) is 10.0 Å². The molecule has 0 saturated heterocycles. The summed E-state index contributed by atoms with van der Waals surface area (Å²) in [5, 5.41) is 10.5. The number of hydrogen-bond donors (Lipinski definition) is 2. The van der Waals surface area contributed by atoms with Crippen LogP contribution in [0, 0.1) is 0 Å². The number of nitrogens with zero attached hydrogens (tertiary/aromatic N) is 2. The van der Waals surface area contributed by atoms with Gasteiger partial charge in [0, 0.05) is 18.4 Å². The molecule has 0 aliphatic rings. The summed E-state index contributed by atoms with van der Waals surface area (Å²) in [4.78, 5) is 0.185. The second-order valence-electron chi connectivity index (χ2n) is 4.17. The Hall–Kier alpha value is -2.15. The van der Waals surface area contributed by atoms with Gasteiger partial charge >= 0.3 is 0 Å². The summed E-state index contributed by atoms with van der Waals surface area (Å²) in [6, 6.07) is 9.74. The minimum Gasteiger partial charge on any atom is -0.385 e. The van der Waals surface area contributed by atoms with Gasteiger partial charge in [-0.15, -0.1) is 5.10 Å². The highest BCUT2D eigenvalue weighted by Crippen LogP contribution is 2.16. The lowest BCUT2D eigenvalue weighted by atomic mass is 10.3. The maximum absolute atomic E-state index is 12.1. The molecule has 1 aromatic carbocycles. The SMILES string of the molecule is CCCNc1ccc(S(=O)(=O)Nc2cccnn2)cc1. The number of hydrogen-bond acceptors (Lipinski definition) is 5.